The Morgan fingerprint density at radius 1 is 1.63 bits per heavy atom. The highest BCUT2D eigenvalue weighted by Gasteiger charge is 2.35. The zero-order chi connectivity index (χ0) is 14.0. The van der Waals surface area contributed by atoms with Crippen molar-refractivity contribution in [3.63, 3.8) is 0 Å². The Kier molecular flexibility index (Phi) is 5.13. The van der Waals surface area contributed by atoms with Crippen molar-refractivity contribution < 1.29 is 13.5 Å². The van der Waals surface area contributed by atoms with E-state index in [9.17, 15) is 13.5 Å². The minimum absolute atomic E-state index is 0.0334. The smallest absolute Gasteiger partial charge is 0.246 e. The summed E-state index contributed by atoms with van der Waals surface area (Å²) in [6.07, 6.45) is 1.44. The van der Waals surface area contributed by atoms with Crippen LogP contribution in [0.4, 0.5) is 0 Å². The fourth-order valence-corrected chi connectivity index (χ4v) is 5.61. The van der Waals surface area contributed by atoms with Crippen LogP contribution in [0, 0.1) is 0 Å². The van der Waals surface area contributed by atoms with E-state index >= 15 is 0 Å². The molecule has 1 N–H and O–H groups in total. The number of aromatic nitrogens is 1. The van der Waals surface area contributed by atoms with Gasteiger partial charge in [0.25, 0.3) is 0 Å². The summed E-state index contributed by atoms with van der Waals surface area (Å²) in [5.41, 5.74) is 0. The Morgan fingerprint density at radius 2 is 2.37 bits per heavy atom. The molecule has 1 aromatic rings. The zero-order valence-corrected chi connectivity index (χ0v) is 13.8. The van der Waals surface area contributed by atoms with Gasteiger partial charge < -0.3 is 5.11 Å². The van der Waals surface area contributed by atoms with E-state index in [4.69, 9.17) is 11.6 Å². The first-order valence-electron chi connectivity index (χ1n) is 5.48. The Hall–Kier alpha value is 0.140. The van der Waals surface area contributed by atoms with Crippen molar-refractivity contribution in [3.05, 3.63) is 21.9 Å². The molecule has 1 fully saturated rings. The number of sulfonamides is 1. The molecule has 9 heteroatoms. The first-order valence-corrected chi connectivity index (χ1v) is 9.25. The molecule has 1 atom stereocenters. The molecule has 0 radical (unpaired) electrons. The van der Waals surface area contributed by atoms with Gasteiger partial charge in [0.1, 0.15) is 10.0 Å². The predicted octanol–water partition coefficient (Wildman–Crippen LogP) is 1.60. The minimum Gasteiger partial charge on any atom is -0.395 e. The standard InChI is InChI=1S/C10H12BrClN2O3S2/c11-7-3-9(10(12)13-4-7)19(16,17)14-1-2-18-6-8(14)5-15/h3-4,8,15H,1-2,5-6H2. The summed E-state index contributed by atoms with van der Waals surface area (Å²) in [5.74, 6) is 1.28. The number of pyridine rings is 1. The fraction of sp³-hybridized carbons (Fsp3) is 0.500. The van der Waals surface area contributed by atoms with Crippen LogP contribution in [0.15, 0.2) is 21.6 Å². The lowest BCUT2D eigenvalue weighted by Crippen LogP contribution is -2.47. The third-order valence-electron chi connectivity index (χ3n) is 2.74. The number of hydrogen-bond acceptors (Lipinski definition) is 5. The average molecular weight is 388 g/mol. The molecular weight excluding hydrogens is 376 g/mol. The van der Waals surface area contributed by atoms with E-state index in [1.54, 1.807) is 11.8 Å². The van der Waals surface area contributed by atoms with Gasteiger partial charge in [-0.2, -0.15) is 16.1 Å². The predicted molar refractivity (Wildman–Crippen MR) is 79.0 cm³/mol. The van der Waals surface area contributed by atoms with Gasteiger partial charge in [-0.1, -0.05) is 11.6 Å². The van der Waals surface area contributed by atoms with Crippen molar-refractivity contribution in [2.45, 2.75) is 10.9 Å². The maximum absolute atomic E-state index is 12.6. The van der Waals surface area contributed by atoms with Crippen LogP contribution in [0.5, 0.6) is 0 Å². The molecule has 106 valence electrons. The number of hydrogen-bond donors (Lipinski definition) is 1. The summed E-state index contributed by atoms with van der Waals surface area (Å²) in [6.45, 7) is 0.159. The number of thioether (sulfide) groups is 1. The fourth-order valence-electron chi connectivity index (χ4n) is 1.81. The average Bonchev–Trinajstić information content (AvgIpc) is 2.41. The molecule has 2 rings (SSSR count). The van der Waals surface area contributed by atoms with Gasteiger partial charge in [0.15, 0.2) is 0 Å². The van der Waals surface area contributed by atoms with Gasteiger partial charge in [-0.25, -0.2) is 13.4 Å². The number of halogens is 2. The van der Waals surface area contributed by atoms with Crippen LogP contribution in [0.25, 0.3) is 0 Å². The number of nitrogens with zero attached hydrogens (tertiary/aromatic N) is 2. The maximum atomic E-state index is 12.6. The van der Waals surface area contributed by atoms with Gasteiger partial charge in [0.05, 0.1) is 12.6 Å². The molecule has 19 heavy (non-hydrogen) atoms. The summed E-state index contributed by atoms with van der Waals surface area (Å²) < 4.78 is 27.0. The van der Waals surface area contributed by atoms with E-state index in [1.165, 1.54) is 16.6 Å². The molecule has 0 amide bonds. The van der Waals surface area contributed by atoms with Gasteiger partial charge >= 0.3 is 0 Å². The lowest BCUT2D eigenvalue weighted by atomic mass is 10.3. The molecule has 1 aliphatic heterocycles. The largest absolute Gasteiger partial charge is 0.395 e. The van der Waals surface area contributed by atoms with Crippen molar-refractivity contribution in [3.8, 4) is 0 Å². The molecule has 1 aliphatic rings. The molecular formula is C10H12BrClN2O3S2. The molecule has 0 saturated carbocycles. The second kappa shape index (κ2) is 6.28. The Morgan fingerprint density at radius 3 is 3.05 bits per heavy atom. The van der Waals surface area contributed by atoms with Crippen LogP contribution in [-0.4, -0.2) is 53.5 Å². The molecule has 1 aromatic heterocycles. The Bertz CT molecular complexity index is 570. The van der Waals surface area contributed by atoms with Gasteiger partial charge in [-0.3, -0.25) is 0 Å². The Balaban J connectivity index is 2.43. The summed E-state index contributed by atoms with van der Waals surface area (Å²) in [6, 6.07) is 1.01. The van der Waals surface area contributed by atoms with Crippen LogP contribution >= 0.6 is 39.3 Å². The molecule has 0 spiro atoms. The SMILES string of the molecule is O=S(=O)(c1cc(Br)cnc1Cl)N1CCSCC1CO. The van der Waals surface area contributed by atoms with Gasteiger partial charge in [0.2, 0.25) is 10.0 Å². The summed E-state index contributed by atoms with van der Waals surface area (Å²) in [4.78, 5) is 3.80. The molecule has 5 nitrogen and oxygen atoms in total. The molecule has 0 aliphatic carbocycles. The van der Waals surface area contributed by atoms with Crippen LogP contribution in [0.1, 0.15) is 0 Å². The van der Waals surface area contributed by atoms with Crippen molar-refractivity contribution in [2.75, 3.05) is 24.7 Å². The number of aliphatic hydroxyl groups excluding tert-OH is 1. The minimum atomic E-state index is -3.74. The van der Waals surface area contributed by atoms with Gasteiger partial charge in [-0.05, 0) is 22.0 Å². The highest BCUT2D eigenvalue weighted by Crippen LogP contribution is 2.29. The van der Waals surface area contributed by atoms with Crippen LogP contribution < -0.4 is 0 Å². The van der Waals surface area contributed by atoms with Crippen molar-refractivity contribution in [2.24, 2.45) is 0 Å². The van der Waals surface area contributed by atoms with Crippen molar-refractivity contribution >= 4 is 49.3 Å². The second-order valence-electron chi connectivity index (χ2n) is 3.97. The van der Waals surface area contributed by atoms with E-state index in [0.29, 0.717) is 22.5 Å². The first kappa shape index (κ1) is 15.5. The van der Waals surface area contributed by atoms with Crippen molar-refractivity contribution in [1.29, 1.82) is 0 Å². The van der Waals surface area contributed by atoms with E-state index < -0.39 is 16.1 Å². The zero-order valence-electron chi connectivity index (χ0n) is 9.79. The highest BCUT2D eigenvalue weighted by molar-refractivity contribution is 9.10. The number of aliphatic hydroxyl groups is 1. The summed E-state index contributed by atoms with van der Waals surface area (Å²) >= 11 is 10.7. The van der Waals surface area contributed by atoms with E-state index in [0.717, 1.165) is 0 Å². The summed E-state index contributed by atoms with van der Waals surface area (Å²) in [7, 11) is -3.74. The highest BCUT2D eigenvalue weighted by atomic mass is 79.9. The third kappa shape index (κ3) is 3.25. The van der Waals surface area contributed by atoms with E-state index in [2.05, 4.69) is 20.9 Å². The molecule has 1 unspecified atom stereocenters. The lowest BCUT2D eigenvalue weighted by molar-refractivity contribution is 0.202. The van der Waals surface area contributed by atoms with Gasteiger partial charge in [-0.15, -0.1) is 0 Å². The lowest BCUT2D eigenvalue weighted by Gasteiger charge is -2.33. The van der Waals surface area contributed by atoms with Crippen LogP contribution in [-0.2, 0) is 10.0 Å². The van der Waals surface area contributed by atoms with Gasteiger partial charge in [0, 0.05) is 28.7 Å². The number of rotatable bonds is 3. The van der Waals surface area contributed by atoms with Crippen LogP contribution in [0.3, 0.4) is 0 Å². The molecule has 2 heterocycles. The quantitative estimate of drug-likeness (QED) is 0.798. The Labute approximate surface area is 129 Å². The monoisotopic (exact) mass is 386 g/mol. The normalized spacial score (nSPS) is 21.5. The molecule has 0 aromatic carbocycles. The van der Waals surface area contributed by atoms with E-state index in [1.807, 2.05) is 0 Å². The van der Waals surface area contributed by atoms with E-state index in [-0.39, 0.29) is 16.7 Å². The molecule has 0 bridgehead atoms. The molecule has 1 saturated heterocycles. The second-order valence-corrected chi connectivity index (χ2v) is 8.25. The first-order chi connectivity index (χ1) is 8.96. The van der Waals surface area contributed by atoms with Crippen LogP contribution in [0.2, 0.25) is 5.15 Å². The topological polar surface area (TPSA) is 70.5 Å². The third-order valence-corrected chi connectivity index (χ3v) is 6.65. The maximum Gasteiger partial charge on any atom is 0.246 e. The summed E-state index contributed by atoms with van der Waals surface area (Å²) in [5, 5.41) is 9.26. The van der Waals surface area contributed by atoms with Crippen molar-refractivity contribution in [1.82, 2.24) is 9.29 Å².